The molecule has 0 fully saturated rings. The Bertz CT molecular complexity index is 1150. The molecule has 0 amide bonds. The standard InChI is InChI=1S/C25H22F7NO3/c1-16-5-2-8-19(11-16)35-20-9-4-7-18(13-20)33(15-22(34)24(28,29)30)14-17-6-3-10-21(12-17)36-25(31,32)23(26)27/h2-13,22-23,34H,14-15H2,1H3/t22-/m1/s1. The van der Waals surface area contributed by atoms with Gasteiger partial charge in [0.2, 0.25) is 0 Å². The lowest BCUT2D eigenvalue weighted by atomic mass is 10.1. The number of aliphatic hydroxyl groups is 1. The summed E-state index contributed by atoms with van der Waals surface area (Å²) in [6.45, 7) is 0.673. The zero-order chi connectivity index (χ0) is 26.5. The minimum Gasteiger partial charge on any atom is -0.457 e. The molecule has 36 heavy (non-hydrogen) atoms. The lowest BCUT2D eigenvalue weighted by molar-refractivity contribution is -0.253. The van der Waals surface area contributed by atoms with Crippen LogP contribution in [0.1, 0.15) is 11.1 Å². The van der Waals surface area contributed by atoms with Crippen molar-refractivity contribution in [2.24, 2.45) is 0 Å². The summed E-state index contributed by atoms with van der Waals surface area (Å²) in [6, 6.07) is 17.8. The van der Waals surface area contributed by atoms with Gasteiger partial charge in [-0.3, -0.25) is 0 Å². The smallest absolute Gasteiger partial charge is 0.457 e. The van der Waals surface area contributed by atoms with Crippen LogP contribution in [0.5, 0.6) is 17.2 Å². The first-order chi connectivity index (χ1) is 16.8. The Balaban J connectivity index is 1.88. The van der Waals surface area contributed by atoms with E-state index in [9.17, 15) is 35.8 Å². The predicted octanol–water partition coefficient (Wildman–Crippen LogP) is 6.95. The van der Waals surface area contributed by atoms with E-state index in [4.69, 9.17) is 4.74 Å². The molecule has 4 nitrogen and oxygen atoms in total. The highest BCUT2D eigenvalue weighted by Crippen LogP contribution is 2.31. The highest BCUT2D eigenvalue weighted by Gasteiger charge is 2.44. The van der Waals surface area contributed by atoms with Crippen LogP contribution in [0.3, 0.4) is 0 Å². The molecular formula is C25H22F7NO3. The number of benzene rings is 3. The third-order valence-corrected chi connectivity index (χ3v) is 4.96. The summed E-state index contributed by atoms with van der Waals surface area (Å²) in [5, 5.41) is 9.69. The van der Waals surface area contributed by atoms with E-state index in [0.717, 1.165) is 22.6 Å². The molecule has 11 heteroatoms. The molecule has 1 N–H and O–H groups in total. The fourth-order valence-corrected chi connectivity index (χ4v) is 3.26. The molecule has 0 heterocycles. The molecule has 0 radical (unpaired) electrons. The first-order valence-electron chi connectivity index (χ1n) is 10.6. The zero-order valence-electron chi connectivity index (χ0n) is 18.9. The number of hydrogen-bond acceptors (Lipinski definition) is 4. The van der Waals surface area contributed by atoms with E-state index in [1.165, 1.54) is 30.3 Å². The summed E-state index contributed by atoms with van der Waals surface area (Å²) in [4.78, 5) is 1.16. The van der Waals surface area contributed by atoms with Gasteiger partial charge in [-0.15, -0.1) is 0 Å². The summed E-state index contributed by atoms with van der Waals surface area (Å²) in [5.74, 6) is 0.211. The van der Waals surface area contributed by atoms with Gasteiger partial charge in [-0.1, -0.05) is 30.3 Å². The topological polar surface area (TPSA) is 41.9 Å². The van der Waals surface area contributed by atoms with Crippen LogP contribution < -0.4 is 14.4 Å². The van der Waals surface area contributed by atoms with Crippen molar-refractivity contribution in [2.45, 2.75) is 38.3 Å². The molecule has 3 aromatic rings. The van der Waals surface area contributed by atoms with Gasteiger partial charge in [0.15, 0.2) is 6.10 Å². The van der Waals surface area contributed by atoms with Crippen molar-refractivity contribution >= 4 is 5.69 Å². The number of anilines is 1. The van der Waals surface area contributed by atoms with Crippen molar-refractivity contribution in [3.8, 4) is 17.2 Å². The fraction of sp³-hybridized carbons (Fsp3) is 0.280. The second-order valence-electron chi connectivity index (χ2n) is 7.97. The Kier molecular flexibility index (Phi) is 8.34. The van der Waals surface area contributed by atoms with Crippen LogP contribution in [0.25, 0.3) is 0 Å². The first-order valence-corrected chi connectivity index (χ1v) is 10.6. The number of rotatable bonds is 10. The summed E-state index contributed by atoms with van der Waals surface area (Å²) >= 11 is 0. The van der Waals surface area contributed by atoms with Gasteiger partial charge < -0.3 is 19.5 Å². The van der Waals surface area contributed by atoms with Gasteiger partial charge in [0.25, 0.3) is 0 Å². The van der Waals surface area contributed by atoms with E-state index in [-0.39, 0.29) is 17.8 Å². The average Bonchev–Trinajstić information content (AvgIpc) is 2.78. The normalized spacial score (nSPS) is 12.9. The van der Waals surface area contributed by atoms with Gasteiger partial charge in [0, 0.05) is 18.3 Å². The van der Waals surface area contributed by atoms with Crippen LogP contribution in [0, 0.1) is 6.92 Å². The Morgan fingerprint density at radius 1 is 0.833 bits per heavy atom. The number of ether oxygens (including phenoxy) is 2. The van der Waals surface area contributed by atoms with Gasteiger partial charge in [0.1, 0.15) is 17.2 Å². The number of halogens is 7. The van der Waals surface area contributed by atoms with Crippen molar-refractivity contribution in [3.05, 3.63) is 83.9 Å². The van der Waals surface area contributed by atoms with Crippen molar-refractivity contribution in [2.75, 3.05) is 11.4 Å². The second-order valence-corrected chi connectivity index (χ2v) is 7.97. The van der Waals surface area contributed by atoms with Gasteiger partial charge >= 0.3 is 18.7 Å². The lowest BCUT2D eigenvalue weighted by Crippen LogP contribution is -2.40. The minimum atomic E-state index is -4.92. The Hall–Kier alpha value is -3.47. The molecule has 3 aromatic carbocycles. The Morgan fingerprint density at radius 2 is 1.44 bits per heavy atom. The van der Waals surface area contributed by atoms with Crippen molar-refractivity contribution < 1.29 is 45.3 Å². The van der Waals surface area contributed by atoms with Crippen LogP contribution in [0.15, 0.2) is 72.8 Å². The van der Waals surface area contributed by atoms with E-state index in [2.05, 4.69) is 4.74 Å². The Labute approximate surface area is 202 Å². The van der Waals surface area contributed by atoms with Crippen molar-refractivity contribution in [3.63, 3.8) is 0 Å². The molecule has 0 unspecified atom stereocenters. The SMILES string of the molecule is Cc1cccc(Oc2cccc(N(Cc3cccc(OC(F)(F)C(F)F)c3)C[C@@H](O)C(F)(F)F)c2)c1. The van der Waals surface area contributed by atoms with Gasteiger partial charge in [-0.05, 0) is 54.4 Å². The van der Waals surface area contributed by atoms with Crippen LogP contribution in [-0.4, -0.2) is 36.5 Å². The summed E-state index contributed by atoms with van der Waals surface area (Å²) in [5.41, 5.74) is 1.34. The van der Waals surface area contributed by atoms with Gasteiger partial charge in [0.05, 0.1) is 6.54 Å². The third kappa shape index (κ3) is 7.51. The molecular weight excluding hydrogens is 495 g/mol. The number of aliphatic hydroxyl groups excluding tert-OH is 1. The number of nitrogens with zero attached hydrogens (tertiary/aromatic N) is 1. The van der Waals surface area contributed by atoms with Crippen LogP contribution >= 0.6 is 0 Å². The fourth-order valence-electron chi connectivity index (χ4n) is 3.26. The maximum Gasteiger partial charge on any atom is 0.461 e. The second kappa shape index (κ2) is 11.1. The highest BCUT2D eigenvalue weighted by atomic mass is 19.4. The van der Waals surface area contributed by atoms with E-state index in [0.29, 0.717) is 11.5 Å². The maximum atomic E-state index is 13.3. The molecule has 0 aromatic heterocycles. The largest absolute Gasteiger partial charge is 0.461 e. The molecule has 3 rings (SSSR count). The molecule has 0 spiro atoms. The van der Waals surface area contributed by atoms with E-state index >= 15 is 0 Å². The quantitative estimate of drug-likeness (QED) is 0.296. The van der Waals surface area contributed by atoms with E-state index in [1.54, 1.807) is 24.3 Å². The zero-order valence-corrected chi connectivity index (χ0v) is 18.9. The maximum absolute atomic E-state index is 13.3. The Morgan fingerprint density at radius 3 is 2.08 bits per heavy atom. The molecule has 0 saturated carbocycles. The highest BCUT2D eigenvalue weighted by molar-refractivity contribution is 5.52. The molecule has 0 aliphatic carbocycles. The molecule has 194 valence electrons. The van der Waals surface area contributed by atoms with Crippen molar-refractivity contribution in [1.29, 1.82) is 0 Å². The minimum absolute atomic E-state index is 0.178. The summed E-state index contributed by atoms with van der Waals surface area (Å²) in [6.07, 6.45) is -16.5. The average molecular weight is 517 g/mol. The van der Waals surface area contributed by atoms with Gasteiger partial charge in [-0.2, -0.15) is 30.7 Å². The number of aryl methyl sites for hydroxylation is 1. The first kappa shape index (κ1) is 27.1. The van der Waals surface area contributed by atoms with E-state index < -0.39 is 37.1 Å². The van der Waals surface area contributed by atoms with Crippen LogP contribution in [0.4, 0.5) is 36.4 Å². The number of alkyl halides is 7. The monoisotopic (exact) mass is 517 g/mol. The lowest BCUT2D eigenvalue weighted by Gasteiger charge is -2.29. The van der Waals surface area contributed by atoms with Crippen molar-refractivity contribution in [1.82, 2.24) is 0 Å². The number of hydrogen-bond donors (Lipinski definition) is 1. The summed E-state index contributed by atoms with van der Waals surface area (Å²) in [7, 11) is 0. The summed E-state index contributed by atoms with van der Waals surface area (Å²) < 4.78 is 101. The van der Waals surface area contributed by atoms with Crippen LogP contribution in [0.2, 0.25) is 0 Å². The van der Waals surface area contributed by atoms with Crippen LogP contribution in [-0.2, 0) is 6.54 Å². The molecule has 0 saturated heterocycles. The van der Waals surface area contributed by atoms with Gasteiger partial charge in [-0.25, -0.2) is 0 Å². The van der Waals surface area contributed by atoms with E-state index in [1.807, 2.05) is 13.0 Å². The molecule has 1 atom stereocenters. The molecule has 0 aliphatic heterocycles. The third-order valence-electron chi connectivity index (χ3n) is 4.96. The molecule has 0 bridgehead atoms. The molecule has 0 aliphatic rings. The predicted molar refractivity (Wildman–Crippen MR) is 119 cm³/mol.